The van der Waals surface area contributed by atoms with Gasteiger partial charge in [-0.3, -0.25) is 9.59 Å². The van der Waals surface area contributed by atoms with Gasteiger partial charge in [-0.25, -0.2) is 0 Å². The molecule has 7 heteroatoms. The molecule has 1 heterocycles. The lowest BCUT2D eigenvalue weighted by atomic mass is 9.86. The normalized spacial score (nSPS) is 16.6. The Morgan fingerprint density at radius 3 is 2.58 bits per heavy atom. The van der Waals surface area contributed by atoms with E-state index in [0.717, 1.165) is 18.4 Å². The molecule has 1 fully saturated rings. The number of carbonyl (C=O) groups excluding carboxylic acids is 1. The number of hydrogen-bond acceptors (Lipinski definition) is 3. The zero-order chi connectivity index (χ0) is 17.5. The molecule has 1 amide bonds. The fraction of sp³-hybridized carbons (Fsp3) is 0.529. The molecule has 0 saturated carbocycles. The highest BCUT2D eigenvalue weighted by Gasteiger charge is 2.29. The fourth-order valence-electron chi connectivity index (χ4n) is 2.84. The monoisotopic (exact) mass is 373 g/mol. The van der Waals surface area contributed by atoms with E-state index in [9.17, 15) is 14.7 Å². The zero-order valence-electron chi connectivity index (χ0n) is 13.3. The Labute approximate surface area is 151 Å². The molecule has 24 heavy (non-hydrogen) atoms. The van der Waals surface area contributed by atoms with E-state index in [0.29, 0.717) is 29.7 Å². The summed E-state index contributed by atoms with van der Waals surface area (Å²) in [6.07, 6.45) is 2.24. The average molecular weight is 374 g/mol. The Hall–Kier alpha value is -1.30. The highest BCUT2D eigenvalue weighted by atomic mass is 35.5. The molecule has 1 unspecified atom stereocenters. The first kappa shape index (κ1) is 19.0. The molecule has 1 aliphatic rings. The van der Waals surface area contributed by atoms with Crippen LogP contribution in [0.1, 0.15) is 24.8 Å². The van der Waals surface area contributed by atoms with Crippen LogP contribution in [0.15, 0.2) is 18.2 Å². The number of hydrogen-bond donors (Lipinski definition) is 2. The molecule has 5 nitrogen and oxygen atoms in total. The lowest BCUT2D eigenvalue weighted by Crippen LogP contribution is -2.39. The van der Waals surface area contributed by atoms with E-state index in [2.05, 4.69) is 5.32 Å². The summed E-state index contributed by atoms with van der Waals surface area (Å²) in [5.41, 5.74) is 0.916. The third-order valence-electron chi connectivity index (χ3n) is 4.30. The van der Waals surface area contributed by atoms with Gasteiger partial charge in [-0.2, -0.15) is 0 Å². The van der Waals surface area contributed by atoms with Gasteiger partial charge in [-0.05, 0) is 42.9 Å². The van der Waals surface area contributed by atoms with Gasteiger partial charge in [0.2, 0.25) is 5.91 Å². The Balaban J connectivity index is 1.80. The number of rotatable bonds is 7. The van der Waals surface area contributed by atoms with Crippen molar-refractivity contribution in [3.63, 3.8) is 0 Å². The number of carboxylic acids is 1. The second-order valence-corrected chi connectivity index (χ2v) is 6.76. The van der Waals surface area contributed by atoms with Gasteiger partial charge in [0.15, 0.2) is 0 Å². The largest absolute Gasteiger partial charge is 0.481 e. The smallest absolute Gasteiger partial charge is 0.308 e. The topological polar surface area (TPSA) is 75.6 Å². The van der Waals surface area contributed by atoms with E-state index < -0.39 is 11.9 Å². The summed E-state index contributed by atoms with van der Waals surface area (Å²) >= 11 is 11.8. The minimum Gasteiger partial charge on any atom is -0.481 e. The first-order valence-electron chi connectivity index (χ1n) is 7.98. The highest BCUT2D eigenvalue weighted by Crippen LogP contribution is 2.24. The minimum absolute atomic E-state index is 0.0478. The van der Waals surface area contributed by atoms with Gasteiger partial charge < -0.3 is 15.2 Å². The van der Waals surface area contributed by atoms with Crippen molar-refractivity contribution in [1.29, 1.82) is 0 Å². The summed E-state index contributed by atoms with van der Waals surface area (Å²) in [5.74, 6) is -1.56. The number of carbonyl (C=O) groups is 2. The van der Waals surface area contributed by atoms with Crippen LogP contribution in [0.2, 0.25) is 10.0 Å². The van der Waals surface area contributed by atoms with E-state index in [1.54, 1.807) is 12.1 Å². The lowest BCUT2D eigenvalue weighted by molar-refractivity contribution is -0.144. The van der Waals surface area contributed by atoms with Crippen LogP contribution in [0.3, 0.4) is 0 Å². The quantitative estimate of drug-likeness (QED) is 0.769. The molecule has 1 aromatic carbocycles. The predicted molar refractivity (Wildman–Crippen MR) is 92.5 cm³/mol. The Morgan fingerprint density at radius 1 is 1.25 bits per heavy atom. The van der Waals surface area contributed by atoms with Crippen molar-refractivity contribution >= 4 is 35.1 Å². The highest BCUT2D eigenvalue weighted by molar-refractivity contribution is 6.42. The summed E-state index contributed by atoms with van der Waals surface area (Å²) in [5, 5.41) is 13.1. The van der Waals surface area contributed by atoms with Gasteiger partial charge in [0.1, 0.15) is 0 Å². The third-order valence-corrected chi connectivity index (χ3v) is 5.04. The molecule has 1 atom stereocenters. The molecular weight excluding hydrogens is 353 g/mol. The second kappa shape index (κ2) is 9.25. The van der Waals surface area contributed by atoms with Gasteiger partial charge >= 0.3 is 5.97 Å². The van der Waals surface area contributed by atoms with Crippen molar-refractivity contribution in [2.24, 2.45) is 11.8 Å². The molecule has 1 aromatic rings. The van der Waals surface area contributed by atoms with Crippen LogP contribution in [0.5, 0.6) is 0 Å². The molecule has 0 aromatic heterocycles. The van der Waals surface area contributed by atoms with Crippen LogP contribution in [-0.2, 0) is 20.7 Å². The number of amides is 1. The van der Waals surface area contributed by atoms with Gasteiger partial charge in [0, 0.05) is 26.2 Å². The average Bonchev–Trinajstić information content (AvgIpc) is 2.57. The van der Waals surface area contributed by atoms with Crippen molar-refractivity contribution in [3.8, 4) is 0 Å². The van der Waals surface area contributed by atoms with Crippen LogP contribution < -0.4 is 5.32 Å². The van der Waals surface area contributed by atoms with Gasteiger partial charge in [0.05, 0.1) is 16.0 Å². The van der Waals surface area contributed by atoms with Crippen molar-refractivity contribution in [1.82, 2.24) is 5.32 Å². The number of carboxylic acid groups (broad SMARTS) is 1. The SMILES string of the molecule is O=C(CCc1ccc(Cl)c(Cl)c1)NCC(C(=O)O)C1CCOCC1. The molecule has 0 spiro atoms. The van der Waals surface area contributed by atoms with Gasteiger partial charge in [0.25, 0.3) is 0 Å². The Morgan fingerprint density at radius 2 is 1.96 bits per heavy atom. The molecular formula is C17H21Cl2NO4. The van der Waals surface area contributed by atoms with Crippen LogP contribution in [0.4, 0.5) is 0 Å². The molecule has 0 radical (unpaired) electrons. The van der Waals surface area contributed by atoms with Crippen molar-refractivity contribution < 1.29 is 19.4 Å². The number of nitrogens with one attached hydrogen (secondary N) is 1. The fourth-order valence-corrected chi connectivity index (χ4v) is 3.16. The lowest BCUT2D eigenvalue weighted by Gasteiger charge is -2.27. The summed E-state index contributed by atoms with van der Waals surface area (Å²) in [6.45, 7) is 1.32. The first-order valence-corrected chi connectivity index (χ1v) is 8.74. The summed E-state index contributed by atoms with van der Waals surface area (Å²) in [4.78, 5) is 23.4. The molecule has 132 valence electrons. The second-order valence-electron chi connectivity index (χ2n) is 5.95. The maximum atomic E-state index is 12.0. The van der Waals surface area contributed by atoms with E-state index in [1.807, 2.05) is 6.07 Å². The predicted octanol–water partition coefficient (Wildman–Crippen LogP) is 3.17. The molecule has 1 saturated heterocycles. The summed E-state index contributed by atoms with van der Waals surface area (Å²) < 4.78 is 5.26. The third kappa shape index (κ3) is 5.65. The molecule has 1 aliphatic heterocycles. The van der Waals surface area contributed by atoms with Gasteiger partial charge in [-0.1, -0.05) is 29.3 Å². The number of ether oxygens (including phenoxy) is 1. The van der Waals surface area contributed by atoms with E-state index in [4.69, 9.17) is 27.9 Å². The Kier molecular flexibility index (Phi) is 7.34. The number of halogens is 2. The molecule has 2 N–H and O–H groups in total. The van der Waals surface area contributed by atoms with Crippen LogP contribution >= 0.6 is 23.2 Å². The first-order chi connectivity index (χ1) is 11.5. The molecule has 0 bridgehead atoms. The maximum absolute atomic E-state index is 12.0. The van der Waals surface area contributed by atoms with Gasteiger partial charge in [-0.15, -0.1) is 0 Å². The van der Waals surface area contributed by atoms with E-state index in [-0.39, 0.29) is 24.8 Å². The van der Waals surface area contributed by atoms with E-state index in [1.165, 1.54) is 0 Å². The standard InChI is InChI=1S/C17H21Cl2NO4/c18-14-3-1-11(9-15(14)19)2-4-16(21)20-10-13(17(22)23)12-5-7-24-8-6-12/h1,3,9,12-13H,2,4-8,10H2,(H,20,21)(H,22,23). The number of aryl methyl sites for hydroxylation is 1. The number of benzene rings is 1. The summed E-state index contributed by atoms with van der Waals surface area (Å²) in [6, 6.07) is 5.26. The molecule has 0 aliphatic carbocycles. The van der Waals surface area contributed by atoms with E-state index >= 15 is 0 Å². The maximum Gasteiger partial charge on any atom is 0.308 e. The summed E-state index contributed by atoms with van der Waals surface area (Å²) in [7, 11) is 0. The minimum atomic E-state index is -0.869. The van der Waals surface area contributed by atoms with Crippen molar-refractivity contribution in [2.45, 2.75) is 25.7 Å². The van der Waals surface area contributed by atoms with Crippen LogP contribution in [-0.4, -0.2) is 36.7 Å². The van der Waals surface area contributed by atoms with Crippen molar-refractivity contribution in [2.75, 3.05) is 19.8 Å². The zero-order valence-corrected chi connectivity index (χ0v) is 14.8. The number of aliphatic carboxylic acids is 1. The van der Waals surface area contributed by atoms with Crippen LogP contribution in [0.25, 0.3) is 0 Å². The Bertz CT molecular complexity index is 588. The van der Waals surface area contributed by atoms with Crippen LogP contribution in [0, 0.1) is 11.8 Å². The van der Waals surface area contributed by atoms with Crippen molar-refractivity contribution in [3.05, 3.63) is 33.8 Å². The molecule has 2 rings (SSSR count).